The van der Waals surface area contributed by atoms with Crippen LogP contribution in [0.5, 0.6) is 5.88 Å². The van der Waals surface area contributed by atoms with Crippen molar-refractivity contribution in [2.75, 3.05) is 30.4 Å². The summed E-state index contributed by atoms with van der Waals surface area (Å²) in [5.74, 6) is -0.0253. The Bertz CT molecular complexity index is 1160. The van der Waals surface area contributed by atoms with Gasteiger partial charge in [0, 0.05) is 41.8 Å². The van der Waals surface area contributed by atoms with Crippen LogP contribution in [-0.2, 0) is 6.18 Å². The summed E-state index contributed by atoms with van der Waals surface area (Å²) in [6, 6.07) is 9.51. The zero-order chi connectivity index (χ0) is 23.6. The van der Waals surface area contributed by atoms with Gasteiger partial charge >= 0.3 is 12.2 Å². The van der Waals surface area contributed by atoms with Crippen LogP contribution in [0, 0.1) is 6.92 Å². The molecule has 4 rings (SSSR count). The van der Waals surface area contributed by atoms with E-state index in [1.807, 2.05) is 36.1 Å². The summed E-state index contributed by atoms with van der Waals surface area (Å²) in [7, 11) is 1.17. The van der Waals surface area contributed by atoms with Crippen molar-refractivity contribution in [1.82, 2.24) is 15.3 Å². The van der Waals surface area contributed by atoms with Crippen molar-refractivity contribution in [3.63, 3.8) is 0 Å². The van der Waals surface area contributed by atoms with Crippen molar-refractivity contribution in [2.45, 2.75) is 32.0 Å². The average molecular weight is 459 g/mol. The lowest BCUT2D eigenvalue weighted by atomic mass is 10.1. The zero-order valence-corrected chi connectivity index (χ0v) is 18.2. The van der Waals surface area contributed by atoms with Crippen LogP contribution in [0.3, 0.4) is 0 Å². The van der Waals surface area contributed by atoms with Gasteiger partial charge in [-0.1, -0.05) is 12.1 Å². The standard InChI is InChI=1S/C23H24F3N5O2/c1-14-16-4-3-5-19(17(16)8-11-27-14)29-22(32)28-15-9-12-31(13-10-15)20-7-6-18(23(24,25)26)21(30-20)33-2/h3-8,11,15H,9-10,12-13H2,1-2H3,(H2,28,29,32). The number of fused-ring (bicyclic) bond motifs is 1. The van der Waals surface area contributed by atoms with Gasteiger partial charge in [-0.15, -0.1) is 0 Å². The van der Waals surface area contributed by atoms with Crippen molar-refractivity contribution in [1.29, 1.82) is 0 Å². The number of rotatable bonds is 4. The Hall–Kier alpha value is -3.56. The van der Waals surface area contributed by atoms with Gasteiger partial charge in [-0.2, -0.15) is 18.2 Å². The summed E-state index contributed by atoms with van der Waals surface area (Å²) in [6.45, 7) is 3.01. The molecule has 1 aliphatic heterocycles. The number of nitrogens with one attached hydrogen (secondary N) is 2. The largest absolute Gasteiger partial charge is 0.481 e. The number of nitrogens with zero attached hydrogens (tertiary/aromatic N) is 3. The molecule has 2 aromatic heterocycles. The van der Waals surface area contributed by atoms with E-state index in [1.165, 1.54) is 13.2 Å². The van der Waals surface area contributed by atoms with Gasteiger partial charge in [0.05, 0.1) is 12.8 Å². The first-order valence-electron chi connectivity index (χ1n) is 10.6. The molecule has 3 aromatic rings. The number of benzene rings is 1. The Morgan fingerprint density at radius 1 is 1.12 bits per heavy atom. The predicted octanol–water partition coefficient (Wildman–Crippen LogP) is 4.76. The second kappa shape index (κ2) is 9.13. The fourth-order valence-corrected chi connectivity index (χ4v) is 4.04. The molecule has 33 heavy (non-hydrogen) atoms. The number of hydrogen-bond donors (Lipinski definition) is 2. The van der Waals surface area contributed by atoms with E-state index in [2.05, 4.69) is 20.6 Å². The Kier molecular flexibility index (Phi) is 6.26. The Morgan fingerprint density at radius 2 is 1.88 bits per heavy atom. The van der Waals surface area contributed by atoms with E-state index in [4.69, 9.17) is 4.74 Å². The van der Waals surface area contributed by atoms with Gasteiger partial charge < -0.3 is 20.3 Å². The molecule has 0 aliphatic carbocycles. The first-order valence-corrected chi connectivity index (χ1v) is 10.6. The van der Waals surface area contributed by atoms with E-state index in [9.17, 15) is 18.0 Å². The molecule has 3 heterocycles. The molecule has 2 amide bonds. The number of piperidine rings is 1. The fraction of sp³-hybridized carbons (Fsp3) is 0.348. The minimum Gasteiger partial charge on any atom is -0.481 e. The Labute approximate surface area is 189 Å². The molecule has 0 spiro atoms. The van der Waals surface area contributed by atoms with Crippen LogP contribution in [0.2, 0.25) is 0 Å². The van der Waals surface area contributed by atoms with Crippen molar-refractivity contribution >= 4 is 28.3 Å². The summed E-state index contributed by atoms with van der Waals surface area (Å²) >= 11 is 0. The highest BCUT2D eigenvalue weighted by atomic mass is 19.4. The van der Waals surface area contributed by atoms with Crippen LogP contribution in [0.15, 0.2) is 42.6 Å². The highest BCUT2D eigenvalue weighted by molar-refractivity contribution is 6.02. The molecular weight excluding hydrogens is 435 g/mol. The van der Waals surface area contributed by atoms with Crippen LogP contribution in [0.4, 0.5) is 29.5 Å². The molecule has 0 unspecified atom stereocenters. The SMILES string of the molecule is COc1nc(N2CCC(NC(=O)Nc3cccc4c(C)nccc34)CC2)ccc1C(F)(F)F. The summed E-state index contributed by atoms with van der Waals surface area (Å²) in [6.07, 6.45) is -1.55. The van der Waals surface area contributed by atoms with E-state index in [0.717, 1.165) is 22.5 Å². The molecule has 1 saturated heterocycles. The number of alkyl halides is 3. The molecule has 0 saturated carbocycles. The second-order valence-corrected chi connectivity index (χ2v) is 7.88. The summed E-state index contributed by atoms with van der Waals surface area (Å²) in [4.78, 5) is 22.8. The highest BCUT2D eigenvalue weighted by Gasteiger charge is 2.35. The van der Waals surface area contributed by atoms with Gasteiger partial charge in [-0.25, -0.2) is 4.79 Å². The minimum atomic E-state index is -4.53. The third kappa shape index (κ3) is 4.94. The van der Waals surface area contributed by atoms with E-state index in [-0.39, 0.29) is 12.1 Å². The molecule has 1 aromatic carbocycles. The molecule has 174 valence electrons. The number of carbonyl (C=O) groups is 1. The lowest BCUT2D eigenvalue weighted by Crippen LogP contribution is -2.46. The quantitative estimate of drug-likeness (QED) is 0.588. The monoisotopic (exact) mass is 459 g/mol. The molecular formula is C23H24F3N5O2. The number of pyridine rings is 2. The first kappa shape index (κ1) is 22.6. The van der Waals surface area contributed by atoms with Crippen LogP contribution >= 0.6 is 0 Å². The predicted molar refractivity (Wildman–Crippen MR) is 120 cm³/mol. The second-order valence-electron chi connectivity index (χ2n) is 7.88. The molecule has 1 aliphatic rings. The van der Waals surface area contributed by atoms with Gasteiger partial charge in [0.25, 0.3) is 0 Å². The number of aromatic nitrogens is 2. The van der Waals surface area contributed by atoms with Gasteiger partial charge in [0.1, 0.15) is 11.4 Å². The molecule has 0 radical (unpaired) electrons. The van der Waals surface area contributed by atoms with Crippen molar-refractivity contribution in [2.24, 2.45) is 0 Å². The number of methoxy groups -OCH3 is 1. The van der Waals surface area contributed by atoms with Crippen LogP contribution in [0.1, 0.15) is 24.1 Å². The normalized spacial score (nSPS) is 14.9. The smallest absolute Gasteiger partial charge is 0.421 e. The van der Waals surface area contributed by atoms with Gasteiger partial charge in [0.15, 0.2) is 0 Å². The molecule has 2 N–H and O–H groups in total. The van der Waals surface area contributed by atoms with Gasteiger partial charge in [-0.3, -0.25) is 4.98 Å². The summed E-state index contributed by atoms with van der Waals surface area (Å²) in [5.41, 5.74) is 0.688. The molecule has 7 nitrogen and oxygen atoms in total. The Balaban J connectivity index is 1.36. The third-order valence-corrected chi connectivity index (χ3v) is 5.75. The van der Waals surface area contributed by atoms with Crippen molar-refractivity contribution in [3.05, 3.63) is 53.9 Å². The summed E-state index contributed by atoms with van der Waals surface area (Å²) in [5, 5.41) is 7.78. The maximum absolute atomic E-state index is 13.1. The van der Waals surface area contributed by atoms with Crippen LogP contribution < -0.4 is 20.3 Å². The van der Waals surface area contributed by atoms with Crippen molar-refractivity contribution in [3.8, 4) is 5.88 Å². The maximum atomic E-state index is 13.1. The first-order chi connectivity index (χ1) is 15.8. The number of ether oxygens (including phenoxy) is 1. The van der Waals surface area contributed by atoms with Gasteiger partial charge in [-0.05, 0) is 44.0 Å². The molecule has 0 bridgehead atoms. The number of aryl methyl sites for hydroxylation is 1. The summed E-state index contributed by atoms with van der Waals surface area (Å²) < 4.78 is 44.0. The minimum absolute atomic E-state index is 0.0593. The Morgan fingerprint density at radius 3 is 2.58 bits per heavy atom. The van der Waals surface area contributed by atoms with Crippen LogP contribution in [0.25, 0.3) is 10.8 Å². The van der Waals surface area contributed by atoms with E-state index < -0.39 is 17.6 Å². The number of carbonyl (C=O) groups excluding carboxylic acids is 1. The van der Waals surface area contributed by atoms with Crippen LogP contribution in [-0.4, -0.2) is 42.2 Å². The topological polar surface area (TPSA) is 79.4 Å². The molecule has 10 heteroatoms. The number of urea groups is 1. The average Bonchev–Trinajstić information content (AvgIpc) is 2.79. The van der Waals surface area contributed by atoms with Gasteiger partial charge in [0.2, 0.25) is 5.88 Å². The maximum Gasteiger partial charge on any atom is 0.421 e. The number of halogens is 3. The van der Waals surface area contributed by atoms with E-state index >= 15 is 0 Å². The number of hydrogen-bond acceptors (Lipinski definition) is 5. The highest BCUT2D eigenvalue weighted by Crippen LogP contribution is 2.36. The molecule has 0 atom stereocenters. The lowest BCUT2D eigenvalue weighted by Gasteiger charge is -2.33. The van der Waals surface area contributed by atoms with Crippen molar-refractivity contribution < 1.29 is 22.7 Å². The zero-order valence-electron chi connectivity index (χ0n) is 18.2. The molecule has 1 fully saturated rings. The number of anilines is 2. The lowest BCUT2D eigenvalue weighted by molar-refractivity contribution is -0.139. The number of amides is 2. The fourth-order valence-electron chi connectivity index (χ4n) is 4.04. The van der Waals surface area contributed by atoms with E-state index in [0.29, 0.717) is 37.4 Å². The third-order valence-electron chi connectivity index (χ3n) is 5.75. The van der Waals surface area contributed by atoms with E-state index in [1.54, 1.807) is 6.20 Å².